The Bertz CT molecular complexity index is 553. The van der Waals surface area contributed by atoms with Crippen molar-refractivity contribution >= 4 is 17.6 Å². The van der Waals surface area contributed by atoms with Crippen LogP contribution < -0.4 is 5.32 Å². The number of hydrogen-bond acceptors (Lipinski definition) is 3. The molecule has 3 rings (SSSR count). The molecule has 1 aromatic rings. The molecule has 0 bridgehead atoms. The van der Waals surface area contributed by atoms with E-state index in [-0.39, 0.29) is 17.5 Å². The number of amides is 2. The van der Waals surface area contributed by atoms with Crippen LogP contribution in [0.25, 0.3) is 0 Å². The number of methoxy groups -OCH3 is 1. The first-order valence-corrected chi connectivity index (χ1v) is 8.37. The number of nitrogens with one attached hydrogen (secondary N) is 1. The van der Waals surface area contributed by atoms with E-state index in [1.807, 2.05) is 29.2 Å². The van der Waals surface area contributed by atoms with Gasteiger partial charge in [0.05, 0.1) is 12.6 Å². The van der Waals surface area contributed by atoms with Crippen LogP contribution in [0.3, 0.4) is 0 Å². The summed E-state index contributed by atoms with van der Waals surface area (Å²) >= 11 is 6.05. The van der Waals surface area contributed by atoms with Crippen molar-refractivity contribution in [2.24, 2.45) is 5.41 Å². The van der Waals surface area contributed by atoms with E-state index in [9.17, 15) is 4.79 Å². The largest absolute Gasteiger partial charge is 0.382 e. The molecule has 0 radical (unpaired) electrons. The Morgan fingerprint density at radius 2 is 2.17 bits per heavy atom. The summed E-state index contributed by atoms with van der Waals surface area (Å²) in [5, 5.41) is 3.71. The van der Waals surface area contributed by atoms with Crippen LogP contribution >= 0.6 is 11.6 Å². The van der Waals surface area contributed by atoms with E-state index in [4.69, 9.17) is 21.1 Å². The smallest absolute Gasteiger partial charge is 0.318 e. The number of urea groups is 1. The van der Waals surface area contributed by atoms with Gasteiger partial charge in [0.2, 0.25) is 0 Å². The van der Waals surface area contributed by atoms with Crippen molar-refractivity contribution in [3.8, 4) is 0 Å². The Kier molecular flexibility index (Phi) is 5.09. The first-order valence-electron chi connectivity index (χ1n) is 7.99. The van der Waals surface area contributed by atoms with Gasteiger partial charge in [-0.3, -0.25) is 0 Å². The van der Waals surface area contributed by atoms with E-state index in [0.717, 1.165) is 44.7 Å². The van der Waals surface area contributed by atoms with E-state index >= 15 is 0 Å². The molecule has 23 heavy (non-hydrogen) atoms. The summed E-state index contributed by atoms with van der Waals surface area (Å²) < 4.78 is 10.7. The predicted octanol–water partition coefficient (Wildman–Crippen LogP) is 2.85. The number of carbonyl (C=O) groups is 1. The molecular weight excluding hydrogens is 316 g/mol. The molecule has 1 aromatic carbocycles. The van der Waals surface area contributed by atoms with Crippen molar-refractivity contribution in [3.05, 3.63) is 34.9 Å². The summed E-state index contributed by atoms with van der Waals surface area (Å²) in [4.78, 5) is 14.4. The van der Waals surface area contributed by atoms with E-state index in [1.165, 1.54) is 0 Å². The van der Waals surface area contributed by atoms with E-state index < -0.39 is 0 Å². The van der Waals surface area contributed by atoms with Gasteiger partial charge in [-0.25, -0.2) is 4.79 Å². The molecule has 1 atom stereocenters. The van der Waals surface area contributed by atoms with Gasteiger partial charge in [0, 0.05) is 43.9 Å². The van der Waals surface area contributed by atoms with Crippen LogP contribution in [0.5, 0.6) is 0 Å². The Balaban J connectivity index is 1.59. The lowest BCUT2D eigenvalue weighted by atomic mass is 9.73. The van der Waals surface area contributed by atoms with Gasteiger partial charge in [-0.2, -0.15) is 0 Å². The molecule has 2 aliphatic heterocycles. The average Bonchev–Trinajstić information content (AvgIpc) is 2.53. The van der Waals surface area contributed by atoms with Gasteiger partial charge in [-0.1, -0.05) is 23.7 Å². The van der Waals surface area contributed by atoms with Crippen LogP contribution in [-0.2, 0) is 9.47 Å². The van der Waals surface area contributed by atoms with Crippen molar-refractivity contribution in [2.45, 2.75) is 18.9 Å². The van der Waals surface area contributed by atoms with E-state index in [0.29, 0.717) is 11.6 Å². The number of benzene rings is 1. The Morgan fingerprint density at radius 3 is 2.83 bits per heavy atom. The molecule has 0 aromatic heterocycles. The maximum Gasteiger partial charge on any atom is 0.318 e. The lowest BCUT2D eigenvalue weighted by Crippen LogP contribution is -2.62. The third-order valence-electron chi connectivity index (χ3n) is 4.78. The fourth-order valence-corrected chi connectivity index (χ4v) is 3.58. The van der Waals surface area contributed by atoms with Crippen molar-refractivity contribution in [2.75, 3.05) is 40.0 Å². The molecule has 0 aliphatic carbocycles. The highest BCUT2D eigenvalue weighted by Crippen LogP contribution is 2.39. The molecule has 1 unspecified atom stereocenters. The maximum atomic E-state index is 12.5. The normalized spacial score (nSPS) is 20.9. The molecule has 2 fully saturated rings. The number of rotatable bonds is 4. The first-order chi connectivity index (χ1) is 11.1. The number of ether oxygens (including phenoxy) is 2. The van der Waals surface area contributed by atoms with Crippen molar-refractivity contribution < 1.29 is 14.3 Å². The van der Waals surface area contributed by atoms with Crippen molar-refractivity contribution in [3.63, 3.8) is 0 Å². The zero-order valence-corrected chi connectivity index (χ0v) is 14.1. The molecule has 1 N–H and O–H groups in total. The summed E-state index contributed by atoms with van der Waals surface area (Å²) in [5.74, 6) is 0. The minimum absolute atomic E-state index is 0.0378. The van der Waals surface area contributed by atoms with Gasteiger partial charge in [0.1, 0.15) is 0 Å². The minimum atomic E-state index is -0.197. The molecule has 1 spiro atoms. The number of halogens is 1. The van der Waals surface area contributed by atoms with Crippen molar-refractivity contribution in [1.29, 1.82) is 0 Å². The van der Waals surface area contributed by atoms with Crippen LogP contribution in [-0.4, -0.2) is 51.0 Å². The van der Waals surface area contributed by atoms with Gasteiger partial charge < -0.3 is 19.7 Å². The van der Waals surface area contributed by atoms with Gasteiger partial charge in [0.25, 0.3) is 0 Å². The Morgan fingerprint density at radius 1 is 1.43 bits per heavy atom. The monoisotopic (exact) mass is 338 g/mol. The Hall–Kier alpha value is -1.30. The zero-order chi connectivity index (χ0) is 16.3. The highest BCUT2D eigenvalue weighted by Gasteiger charge is 2.46. The zero-order valence-electron chi connectivity index (χ0n) is 13.4. The summed E-state index contributed by atoms with van der Waals surface area (Å²) in [5.41, 5.74) is 1.23. The second kappa shape index (κ2) is 7.07. The summed E-state index contributed by atoms with van der Waals surface area (Å²) in [6.45, 7) is 3.67. The van der Waals surface area contributed by atoms with Gasteiger partial charge in [-0.05, 0) is 30.5 Å². The maximum absolute atomic E-state index is 12.5. The third-order valence-corrected chi connectivity index (χ3v) is 5.01. The SMILES string of the molecule is COCC(NC(=O)N1CC2(CCOCC2)C1)c1cccc(Cl)c1. The Labute approximate surface area is 141 Å². The number of nitrogens with zero attached hydrogens (tertiary/aromatic N) is 1. The number of hydrogen-bond donors (Lipinski definition) is 1. The van der Waals surface area contributed by atoms with Crippen molar-refractivity contribution in [1.82, 2.24) is 10.2 Å². The molecule has 126 valence electrons. The van der Waals surface area contributed by atoms with Gasteiger partial charge >= 0.3 is 6.03 Å². The second-order valence-corrected chi connectivity index (χ2v) is 6.92. The molecule has 2 amide bonds. The molecule has 0 saturated carbocycles. The quantitative estimate of drug-likeness (QED) is 0.918. The highest BCUT2D eigenvalue weighted by molar-refractivity contribution is 6.30. The summed E-state index contributed by atoms with van der Waals surface area (Å²) in [6.07, 6.45) is 2.10. The molecule has 2 heterocycles. The van der Waals surface area contributed by atoms with Crippen LogP contribution in [0.4, 0.5) is 4.79 Å². The molecular formula is C17H23ClN2O3. The van der Waals surface area contributed by atoms with Crippen LogP contribution in [0.2, 0.25) is 5.02 Å². The molecule has 6 heteroatoms. The number of carbonyl (C=O) groups excluding carboxylic acids is 1. The van der Waals surface area contributed by atoms with E-state index in [2.05, 4.69) is 5.32 Å². The molecule has 2 saturated heterocycles. The number of likely N-dealkylation sites (tertiary alicyclic amines) is 1. The average molecular weight is 339 g/mol. The highest BCUT2D eigenvalue weighted by atomic mass is 35.5. The van der Waals surface area contributed by atoms with Gasteiger partial charge in [-0.15, -0.1) is 0 Å². The van der Waals surface area contributed by atoms with E-state index in [1.54, 1.807) is 7.11 Å². The van der Waals surface area contributed by atoms with Crippen LogP contribution in [0.15, 0.2) is 24.3 Å². The standard InChI is InChI=1S/C17H23ClN2O3/c1-22-10-15(13-3-2-4-14(18)9-13)19-16(21)20-11-17(12-20)5-7-23-8-6-17/h2-4,9,15H,5-8,10-12H2,1H3,(H,19,21). The first kappa shape index (κ1) is 16.6. The molecule has 2 aliphatic rings. The lowest BCUT2D eigenvalue weighted by molar-refractivity contribution is -0.0621. The lowest BCUT2D eigenvalue weighted by Gasteiger charge is -2.52. The minimum Gasteiger partial charge on any atom is -0.382 e. The van der Waals surface area contributed by atoms with Gasteiger partial charge in [0.15, 0.2) is 0 Å². The summed E-state index contributed by atoms with van der Waals surface area (Å²) in [6, 6.07) is 7.28. The predicted molar refractivity (Wildman–Crippen MR) is 88.7 cm³/mol. The molecule has 5 nitrogen and oxygen atoms in total. The van der Waals surface area contributed by atoms with Crippen LogP contribution in [0, 0.1) is 5.41 Å². The third kappa shape index (κ3) is 3.79. The fourth-order valence-electron chi connectivity index (χ4n) is 3.38. The fraction of sp³-hybridized carbons (Fsp3) is 0.588. The summed E-state index contributed by atoms with van der Waals surface area (Å²) in [7, 11) is 1.63. The van der Waals surface area contributed by atoms with Crippen LogP contribution in [0.1, 0.15) is 24.4 Å². The topological polar surface area (TPSA) is 50.8 Å². The second-order valence-electron chi connectivity index (χ2n) is 6.48.